The molecule has 3 heterocycles. The van der Waals surface area contributed by atoms with Crippen molar-refractivity contribution in [1.82, 2.24) is 9.55 Å². The second-order valence-electron chi connectivity index (χ2n) is 6.26. The Balaban J connectivity index is 1.56. The predicted molar refractivity (Wildman–Crippen MR) is 105 cm³/mol. The molecule has 0 radical (unpaired) electrons. The highest BCUT2D eigenvalue weighted by atomic mass is 32.1. The van der Waals surface area contributed by atoms with Crippen molar-refractivity contribution in [3.8, 4) is 0 Å². The minimum atomic E-state index is -0.422. The molecule has 1 amide bonds. The fourth-order valence-corrected chi connectivity index (χ4v) is 4.67. The van der Waals surface area contributed by atoms with Gasteiger partial charge in [-0.25, -0.2) is 9.78 Å². The zero-order chi connectivity index (χ0) is 19.0. The molecule has 0 aliphatic heterocycles. The van der Waals surface area contributed by atoms with Crippen molar-refractivity contribution in [2.24, 2.45) is 0 Å². The molecular formula is C18H17N3O4S2. The molecule has 1 aliphatic carbocycles. The molecule has 1 fully saturated rings. The fourth-order valence-electron chi connectivity index (χ4n) is 2.90. The number of aromatic nitrogens is 2. The molecular weight excluding hydrogens is 386 g/mol. The molecule has 1 N–H and O–H groups in total. The third kappa shape index (κ3) is 3.52. The van der Waals surface area contributed by atoms with Gasteiger partial charge in [-0.3, -0.25) is 14.2 Å². The fraction of sp³-hybridized carbons (Fsp3) is 0.333. The van der Waals surface area contributed by atoms with Gasteiger partial charge in [-0.2, -0.15) is 0 Å². The number of ether oxygens (including phenoxy) is 1. The van der Waals surface area contributed by atoms with E-state index < -0.39 is 5.97 Å². The maximum absolute atomic E-state index is 12.5. The number of carbonyl (C=O) groups is 2. The van der Waals surface area contributed by atoms with Crippen molar-refractivity contribution in [1.29, 1.82) is 0 Å². The van der Waals surface area contributed by atoms with E-state index in [-0.39, 0.29) is 24.6 Å². The standard InChI is InChI=1S/C18H17N3O4S2/c1-2-25-18(24)14-12(10-3-4-10)8-27-16(14)20-13(22)7-21-9-19-15-11(17(21)23)5-6-26-15/h5-6,8-10H,2-4,7H2,1H3,(H,20,22). The third-order valence-electron chi connectivity index (χ3n) is 4.33. The van der Waals surface area contributed by atoms with Gasteiger partial charge in [0.15, 0.2) is 0 Å². The minimum Gasteiger partial charge on any atom is -0.462 e. The molecule has 27 heavy (non-hydrogen) atoms. The van der Waals surface area contributed by atoms with Gasteiger partial charge in [-0.05, 0) is 48.1 Å². The van der Waals surface area contributed by atoms with Crippen LogP contribution in [0.3, 0.4) is 0 Å². The van der Waals surface area contributed by atoms with Gasteiger partial charge in [0, 0.05) is 0 Å². The van der Waals surface area contributed by atoms with E-state index in [2.05, 4.69) is 10.3 Å². The van der Waals surface area contributed by atoms with Gasteiger partial charge in [0.2, 0.25) is 5.91 Å². The number of esters is 1. The summed E-state index contributed by atoms with van der Waals surface area (Å²) in [7, 11) is 0. The second kappa shape index (κ2) is 7.24. The predicted octanol–water partition coefficient (Wildman–Crippen LogP) is 3.21. The Kier molecular flexibility index (Phi) is 4.79. The molecule has 140 valence electrons. The van der Waals surface area contributed by atoms with Gasteiger partial charge in [0.1, 0.15) is 16.4 Å². The summed E-state index contributed by atoms with van der Waals surface area (Å²) in [5.41, 5.74) is 1.12. The zero-order valence-corrected chi connectivity index (χ0v) is 16.2. The topological polar surface area (TPSA) is 90.3 Å². The summed E-state index contributed by atoms with van der Waals surface area (Å²) < 4.78 is 6.42. The second-order valence-corrected chi connectivity index (χ2v) is 8.03. The van der Waals surface area contributed by atoms with E-state index in [1.165, 1.54) is 33.6 Å². The third-order valence-corrected chi connectivity index (χ3v) is 6.07. The first-order chi connectivity index (χ1) is 13.1. The Morgan fingerprint density at radius 2 is 2.19 bits per heavy atom. The van der Waals surface area contributed by atoms with E-state index in [1.54, 1.807) is 18.4 Å². The number of hydrogen-bond acceptors (Lipinski definition) is 7. The number of anilines is 1. The van der Waals surface area contributed by atoms with Gasteiger partial charge >= 0.3 is 5.97 Å². The molecule has 0 atom stereocenters. The van der Waals surface area contributed by atoms with Crippen molar-refractivity contribution in [3.05, 3.63) is 44.6 Å². The summed E-state index contributed by atoms with van der Waals surface area (Å²) in [6.07, 6.45) is 3.45. The van der Waals surface area contributed by atoms with Crippen LogP contribution in [0.15, 0.2) is 27.9 Å². The van der Waals surface area contributed by atoms with E-state index in [0.29, 0.717) is 26.7 Å². The van der Waals surface area contributed by atoms with Gasteiger partial charge in [0.25, 0.3) is 5.56 Å². The summed E-state index contributed by atoms with van der Waals surface area (Å²) >= 11 is 2.69. The van der Waals surface area contributed by atoms with Crippen LogP contribution in [0.25, 0.3) is 10.2 Å². The number of nitrogens with zero attached hydrogens (tertiary/aromatic N) is 2. The van der Waals surface area contributed by atoms with Crippen molar-refractivity contribution in [3.63, 3.8) is 0 Å². The summed E-state index contributed by atoms with van der Waals surface area (Å²) in [6, 6.07) is 1.70. The smallest absolute Gasteiger partial charge is 0.341 e. The molecule has 0 unspecified atom stereocenters. The first kappa shape index (κ1) is 17.9. The molecule has 0 spiro atoms. The molecule has 3 aromatic rings. The Hall–Kier alpha value is -2.52. The maximum atomic E-state index is 12.5. The minimum absolute atomic E-state index is 0.170. The number of amides is 1. The lowest BCUT2D eigenvalue weighted by atomic mass is 10.1. The average molecular weight is 403 g/mol. The van der Waals surface area contributed by atoms with Crippen LogP contribution in [0.5, 0.6) is 0 Å². The summed E-state index contributed by atoms with van der Waals surface area (Å²) in [5, 5.41) is 7.43. The Labute approximate surface area is 162 Å². The van der Waals surface area contributed by atoms with Crippen LogP contribution in [-0.4, -0.2) is 28.0 Å². The largest absolute Gasteiger partial charge is 0.462 e. The summed E-state index contributed by atoms with van der Waals surface area (Å²) in [4.78, 5) is 42.1. The van der Waals surface area contributed by atoms with E-state index in [9.17, 15) is 14.4 Å². The Morgan fingerprint density at radius 3 is 2.93 bits per heavy atom. The molecule has 9 heteroatoms. The zero-order valence-electron chi connectivity index (χ0n) is 14.6. The highest BCUT2D eigenvalue weighted by Crippen LogP contribution is 2.46. The molecule has 4 rings (SSSR count). The molecule has 0 aromatic carbocycles. The first-order valence-electron chi connectivity index (χ1n) is 8.59. The number of nitrogens with one attached hydrogen (secondary N) is 1. The van der Waals surface area contributed by atoms with Crippen LogP contribution in [-0.2, 0) is 16.1 Å². The van der Waals surface area contributed by atoms with Crippen LogP contribution < -0.4 is 10.9 Å². The van der Waals surface area contributed by atoms with Gasteiger partial charge in [0.05, 0.1) is 23.9 Å². The molecule has 3 aromatic heterocycles. The van der Waals surface area contributed by atoms with Gasteiger partial charge < -0.3 is 10.1 Å². The number of fused-ring (bicyclic) bond motifs is 1. The normalized spacial score (nSPS) is 13.7. The van der Waals surface area contributed by atoms with Crippen LogP contribution in [0.2, 0.25) is 0 Å². The number of hydrogen-bond donors (Lipinski definition) is 1. The Morgan fingerprint density at radius 1 is 1.37 bits per heavy atom. The van der Waals surface area contributed by atoms with Crippen LogP contribution >= 0.6 is 22.7 Å². The number of carbonyl (C=O) groups excluding carboxylic acids is 2. The first-order valence-corrected chi connectivity index (χ1v) is 10.4. The molecule has 1 saturated carbocycles. The van der Waals surface area contributed by atoms with Crippen molar-refractivity contribution in [2.45, 2.75) is 32.2 Å². The van der Waals surface area contributed by atoms with E-state index >= 15 is 0 Å². The molecule has 0 saturated heterocycles. The molecule has 0 bridgehead atoms. The van der Waals surface area contributed by atoms with Crippen molar-refractivity contribution < 1.29 is 14.3 Å². The Bertz CT molecular complexity index is 1080. The SMILES string of the molecule is CCOC(=O)c1c(C2CC2)csc1NC(=O)Cn1cnc2sccc2c1=O. The highest BCUT2D eigenvalue weighted by molar-refractivity contribution is 7.16. The maximum Gasteiger partial charge on any atom is 0.341 e. The molecule has 1 aliphatic rings. The van der Waals surface area contributed by atoms with Crippen LogP contribution in [0.4, 0.5) is 5.00 Å². The lowest BCUT2D eigenvalue weighted by Crippen LogP contribution is -2.27. The van der Waals surface area contributed by atoms with Crippen LogP contribution in [0.1, 0.15) is 41.6 Å². The monoisotopic (exact) mass is 403 g/mol. The summed E-state index contributed by atoms with van der Waals surface area (Å²) in [5.74, 6) is -0.447. The number of rotatable bonds is 6. The van der Waals surface area contributed by atoms with Crippen molar-refractivity contribution >= 4 is 49.8 Å². The van der Waals surface area contributed by atoms with Gasteiger partial charge in [-0.1, -0.05) is 0 Å². The van der Waals surface area contributed by atoms with Gasteiger partial charge in [-0.15, -0.1) is 22.7 Å². The van der Waals surface area contributed by atoms with E-state index in [0.717, 1.165) is 18.4 Å². The number of thiophene rings is 2. The lowest BCUT2D eigenvalue weighted by molar-refractivity contribution is -0.116. The quantitative estimate of drug-likeness (QED) is 0.638. The highest BCUT2D eigenvalue weighted by Gasteiger charge is 2.32. The molecule has 7 nitrogen and oxygen atoms in total. The van der Waals surface area contributed by atoms with Crippen LogP contribution in [0, 0.1) is 0 Å². The average Bonchev–Trinajstić information content (AvgIpc) is 3.22. The summed E-state index contributed by atoms with van der Waals surface area (Å²) in [6.45, 7) is 1.85. The van der Waals surface area contributed by atoms with E-state index in [4.69, 9.17) is 4.74 Å². The van der Waals surface area contributed by atoms with Crippen molar-refractivity contribution in [2.75, 3.05) is 11.9 Å². The van der Waals surface area contributed by atoms with E-state index in [1.807, 2.05) is 5.38 Å². The lowest BCUT2D eigenvalue weighted by Gasteiger charge is -2.09.